The number of methoxy groups -OCH3 is 1. The predicted molar refractivity (Wildman–Crippen MR) is 58.3 cm³/mol. The maximum absolute atomic E-state index is 13.1. The van der Waals surface area contributed by atoms with Gasteiger partial charge in [0.15, 0.2) is 0 Å². The summed E-state index contributed by atoms with van der Waals surface area (Å²) >= 11 is 0. The molecule has 3 heteroatoms. The van der Waals surface area contributed by atoms with E-state index in [9.17, 15) is 4.39 Å². The lowest BCUT2D eigenvalue weighted by Gasteiger charge is -2.08. The van der Waals surface area contributed by atoms with Crippen LogP contribution in [0.1, 0.15) is 5.56 Å². The van der Waals surface area contributed by atoms with Crippen LogP contribution in [0.4, 0.5) is 4.39 Å². The minimum atomic E-state index is -0.263. The van der Waals surface area contributed by atoms with Gasteiger partial charge < -0.3 is 10.5 Å². The SMILES string of the molecule is COc1cc(CN)cc2ccc(F)cc12. The Kier molecular flexibility index (Phi) is 2.56. The third-order valence-electron chi connectivity index (χ3n) is 2.39. The van der Waals surface area contributed by atoms with Gasteiger partial charge in [0.1, 0.15) is 11.6 Å². The second-order valence-electron chi connectivity index (χ2n) is 3.37. The maximum atomic E-state index is 13.1. The molecule has 0 aliphatic rings. The lowest BCUT2D eigenvalue weighted by atomic mass is 10.1. The molecule has 78 valence electrons. The standard InChI is InChI=1S/C12H12FNO/c1-15-12-5-8(7-14)4-9-2-3-10(13)6-11(9)12/h2-6H,7,14H2,1H3. The second kappa shape index (κ2) is 3.87. The first-order valence-electron chi connectivity index (χ1n) is 4.71. The fourth-order valence-electron chi connectivity index (χ4n) is 1.64. The Morgan fingerprint density at radius 1 is 1.27 bits per heavy atom. The second-order valence-corrected chi connectivity index (χ2v) is 3.37. The minimum Gasteiger partial charge on any atom is -0.496 e. The van der Waals surface area contributed by atoms with Crippen molar-refractivity contribution >= 4 is 10.8 Å². The van der Waals surface area contributed by atoms with Gasteiger partial charge in [-0.05, 0) is 35.2 Å². The van der Waals surface area contributed by atoms with Gasteiger partial charge in [0.25, 0.3) is 0 Å². The highest BCUT2D eigenvalue weighted by atomic mass is 19.1. The lowest BCUT2D eigenvalue weighted by molar-refractivity contribution is 0.419. The van der Waals surface area contributed by atoms with E-state index in [4.69, 9.17) is 10.5 Å². The summed E-state index contributed by atoms with van der Waals surface area (Å²) in [6.45, 7) is 0.448. The van der Waals surface area contributed by atoms with Crippen molar-refractivity contribution in [2.75, 3.05) is 7.11 Å². The van der Waals surface area contributed by atoms with Crippen molar-refractivity contribution in [3.05, 3.63) is 41.7 Å². The molecule has 0 fully saturated rings. The molecule has 15 heavy (non-hydrogen) atoms. The Morgan fingerprint density at radius 3 is 2.73 bits per heavy atom. The van der Waals surface area contributed by atoms with Gasteiger partial charge in [-0.3, -0.25) is 0 Å². The number of benzene rings is 2. The number of halogens is 1. The van der Waals surface area contributed by atoms with Crippen molar-refractivity contribution in [1.29, 1.82) is 0 Å². The molecule has 0 amide bonds. The fraction of sp³-hybridized carbons (Fsp3) is 0.167. The maximum Gasteiger partial charge on any atom is 0.127 e. The fourth-order valence-corrected chi connectivity index (χ4v) is 1.64. The van der Waals surface area contributed by atoms with Crippen molar-refractivity contribution in [1.82, 2.24) is 0 Å². The summed E-state index contributed by atoms with van der Waals surface area (Å²) in [5.74, 6) is 0.397. The molecule has 0 unspecified atom stereocenters. The van der Waals surface area contributed by atoms with Crippen molar-refractivity contribution in [2.45, 2.75) is 6.54 Å². The van der Waals surface area contributed by atoms with Crippen molar-refractivity contribution in [2.24, 2.45) is 5.73 Å². The molecule has 0 saturated heterocycles. The molecule has 0 radical (unpaired) electrons. The summed E-state index contributed by atoms with van der Waals surface area (Å²) in [5.41, 5.74) is 6.54. The van der Waals surface area contributed by atoms with E-state index in [0.717, 1.165) is 16.3 Å². The van der Waals surface area contributed by atoms with Crippen LogP contribution in [0.2, 0.25) is 0 Å². The molecule has 2 aromatic rings. The number of rotatable bonds is 2. The highest BCUT2D eigenvalue weighted by molar-refractivity contribution is 5.89. The smallest absolute Gasteiger partial charge is 0.127 e. The van der Waals surface area contributed by atoms with E-state index in [-0.39, 0.29) is 5.82 Å². The zero-order valence-corrected chi connectivity index (χ0v) is 8.46. The van der Waals surface area contributed by atoms with Gasteiger partial charge in [0.05, 0.1) is 7.11 Å². The first kappa shape index (κ1) is 9.93. The third-order valence-corrected chi connectivity index (χ3v) is 2.39. The minimum absolute atomic E-state index is 0.263. The quantitative estimate of drug-likeness (QED) is 0.817. The summed E-state index contributed by atoms with van der Waals surface area (Å²) in [5, 5.41) is 1.71. The van der Waals surface area contributed by atoms with E-state index < -0.39 is 0 Å². The lowest BCUT2D eigenvalue weighted by Crippen LogP contribution is -1.97. The predicted octanol–water partition coefficient (Wildman–Crippen LogP) is 2.45. The van der Waals surface area contributed by atoms with E-state index >= 15 is 0 Å². The zero-order valence-electron chi connectivity index (χ0n) is 8.46. The third kappa shape index (κ3) is 1.78. The summed E-state index contributed by atoms with van der Waals surface area (Å²) in [6.07, 6.45) is 0. The van der Waals surface area contributed by atoms with E-state index in [1.54, 1.807) is 13.2 Å². The molecular formula is C12H12FNO. The number of hydrogen-bond acceptors (Lipinski definition) is 2. The average Bonchev–Trinajstić information content (AvgIpc) is 2.27. The summed E-state index contributed by atoms with van der Waals surface area (Å²) in [6, 6.07) is 8.40. The van der Waals surface area contributed by atoms with Crippen molar-refractivity contribution in [3.8, 4) is 5.75 Å². The summed E-state index contributed by atoms with van der Waals surface area (Å²) in [4.78, 5) is 0. The Labute approximate surface area is 87.5 Å². The molecule has 0 aliphatic carbocycles. The van der Waals surface area contributed by atoms with Gasteiger partial charge >= 0.3 is 0 Å². The van der Waals surface area contributed by atoms with Crippen LogP contribution in [-0.2, 0) is 6.54 Å². The van der Waals surface area contributed by atoms with Gasteiger partial charge in [0, 0.05) is 11.9 Å². The van der Waals surface area contributed by atoms with Crippen molar-refractivity contribution in [3.63, 3.8) is 0 Å². The molecule has 0 spiro atoms. The molecule has 0 atom stereocenters. The van der Waals surface area contributed by atoms with Crippen LogP contribution in [0, 0.1) is 5.82 Å². The van der Waals surface area contributed by atoms with E-state index in [1.165, 1.54) is 12.1 Å². The molecule has 0 aliphatic heterocycles. The molecule has 0 aromatic heterocycles. The van der Waals surface area contributed by atoms with Crippen LogP contribution in [-0.4, -0.2) is 7.11 Å². The monoisotopic (exact) mass is 205 g/mol. The number of ether oxygens (including phenoxy) is 1. The van der Waals surface area contributed by atoms with Crippen LogP contribution in [0.15, 0.2) is 30.3 Å². The highest BCUT2D eigenvalue weighted by Crippen LogP contribution is 2.27. The topological polar surface area (TPSA) is 35.2 Å². The van der Waals surface area contributed by atoms with Gasteiger partial charge in [0.2, 0.25) is 0 Å². The Balaban J connectivity index is 2.75. The number of hydrogen-bond donors (Lipinski definition) is 1. The Hall–Kier alpha value is -1.61. The van der Waals surface area contributed by atoms with Crippen molar-refractivity contribution < 1.29 is 9.13 Å². The van der Waals surface area contributed by atoms with Crippen LogP contribution >= 0.6 is 0 Å². The molecule has 2 rings (SSSR count). The van der Waals surface area contributed by atoms with E-state index in [0.29, 0.717) is 12.3 Å². The van der Waals surface area contributed by atoms with Gasteiger partial charge in [-0.2, -0.15) is 0 Å². The van der Waals surface area contributed by atoms with Gasteiger partial charge in [-0.1, -0.05) is 6.07 Å². The molecule has 2 nitrogen and oxygen atoms in total. The number of nitrogens with two attached hydrogens (primary N) is 1. The highest BCUT2D eigenvalue weighted by Gasteiger charge is 2.04. The zero-order chi connectivity index (χ0) is 10.8. The Morgan fingerprint density at radius 2 is 2.07 bits per heavy atom. The molecule has 0 heterocycles. The first-order chi connectivity index (χ1) is 7.24. The van der Waals surface area contributed by atoms with Crippen LogP contribution in [0.25, 0.3) is 10.8 Å². The number of fused-ring (bicyclic) bond motifs is 1. The summed E-state index contributed by atoms with van der Waals surface area (Å²) in [7, 11) is 1.57. The largest absolute Gasteiger partial charge is 0.496 e. The van der Waals surface area contributed by atoms with Crippen LogP contribution in [0.5, 0.6) is 5.75 Å². The van der Waals surface area contributed by atoms with E-state index in [1.807, 2.05) is 12.1 Å². The average molecular weight is 205 g/mol. The van der Waals surface area contributed by atoms with Gasteiger partial charge in [-0.15, -0.1) is 0 Å². The molecule has 0 saturated carbocycles. The molecule has 2 aromatic carbocycles. The van der Waals surface area contributed by atoms with Gasteiger partial charge in [-0.25, -0.2) is 4.39 Å². The molecule has 2 N–H and O–H groups in total. The molecular weight excluding hydrogens is 193 g/mol. The van der Waals surface area contributed by atoms with Crippen LogP contribution in [0.3, 0.4) is 0 Å². The van der Waals surface area contributed by atoms with E-state index in [2.05, 4.69) is 0 Å². The Bertz CT molecular complexity index is 496. The van der Waals surface area contributed by atoms with Crippen LogP contribution < -0.4 is 10.5 Å². The summed E-state index contributed by atoms with van der Waals surface area (Å²) < 4.78 is 18.3. The normalized spacial score (nSPS) is 10.6. The molecule has 0 bridgehead atoms. The first-order valence-corrected chi connectivity index (χ1v) is 4.71.